The highest BCUT2D eigenvalue weighted by atomic mass is 19.3. The fraction of sp³-hybridized carbons (Fsp3) is 0.571. The van der Waals surface area contributed by atoms with Crippen LogP contribution in [0.3, 0.4) is 0 Å². The summed E-state index contributed by atoms with van der Waals surface area (Å²) in [7, 11) is 0. The third kappa shape index (κ3) is 3.48. The summed E-state index contributed by atoms with van der Waals surface area (Å²) in [5.74, 6) is -2.81. The van der Waals surface area contributed by atoms with Gasteiger partial charge >= 0.3 is 0 Å². The number of alkyl halides is 2. The number of halogens is 3. The number of hydrogen-bond donors (Lipinski definition) is 1. The number of hydrogen-bond acceptors (Lipinski definition) is 1. The molecule has 0 bridgehead atoms. The first-order valence-corrected chi connectivity index (χ1v) is 6.30. The molecule has 1 aliphatic carbocycles. The maximum atomic E-state index is 13.1. The smallest absolute Gasteiger partial charge is 0.248 e. The number of aryl methyl sites for hydroxylation is 1. The molecule has 0 spiro atoms. The van der Waals surface area contributed by atoms with Crippen LogP contribution in [0, 0.1) is 5.82 Å². The van der Waals surface area contributed by atoms with Crippen molar-refractivity contribution in [1.29, 1.82) is 0 Å². The number of nitrogens with two attached hydrogens (primary N) is 1. The summed E-state index contributed by atoms with van der Waals surface area (Å²) in [6.07, 6.45) is 1.87. The Morgan fingerprint density at radius 2 is 1.56 bits per heavy atom. The molecule has 0 saturated heterocycles. The van der Waals surface area contributed by atoms with Gasteiger partial charge in [0, 0.05) is 18.4 Å². The summed E-state index contributed by atoms with van der Waals surface area (Å²) in [6.45, 7) is 0. The van der Waals surface area contributed by atoms with Crippen molar-refractivity contribution in [3.63, 3.8) is 0 Å². The van der Waals surface area contributed by atoms with E-state index in [0.717, 1.165) is 5.56 Å². The van der Waals surface area contributed by atoms with Crippen molar-refractivity contribution in [2.45, 2.75) is 50.0 Å². The van der Waals surface area contributed by atoms with Gasteiger partial charge in [0.25, 0.3) is 0 Å². The van der Waals surface area contributed by atoms with E-state index in [1.165, 1.54) is 12.1 Å². The predicted octanol–water partition coefficient (Wildman–Crippen LogP) is 3.67. The van der Waals surface area contributed by atoms with E-state index in [-0.39, 0.29) is 18.7 Å². The van der Waals surface area contributed by atoms with Crippen LogP contribution in [-0.4, -0.2) is 11.5 Å². The van der Waals surface area contributed by atoms with Gasteiger partial charge in [0.05, 0.1) is 0 Å². The second kappa shape index (κ2) is 4.92. The number of rotatable bonds is 3. The summed E-state index contributed by atoms with van der Waals surface area (Å²) in [5.41, 5.74) is 6.66. The SMILES string of the molecule is NC1(CCc2ccc(F)cc2)CCC(F)(F)CC1. The second-order valence-electron chi connectivity index (χ2n) is 5.34. The lowest BCUT2D eigenvalue weighted by atomic mass is 9.77. The van der Waals surface area contributed by atoms with Gasteiger partial charge in [-0.1, -0.05) is 12.1 Å². The summed E-state index contributed by atoms with van der Waals surface area (Å²) in [5, 5.41) is 0. The van der Waals surface area contributed by atoms with Gasteiger partial charge in [-0.3, -0.25) is 0 Å². The van der Waals surface area contributed by atoms with Crippen molar-refractivity contribution in [3.05, 3.63) is 35.6 Å². The van der Waals surface area contributed by atoms with Crippen molar-refractivity contribution in [1.82, 2.24) is 0 Å². The highest BCUT2D eigenvalue weighted by Crippen LogP contribution is 2.39. The fourth-order valence-electron chi connectivity index (χ4n) is 2.41. The van der Waals surface area contributed by atoms with E-state index in [4.69, 9.17) is 5.73 Å². The molecule has 1 aliphatic rings. The van der Waals surface area contributed by atoms with Crippen LogP contribution >= 0.6 is 0 Å². The van der Waals surface area contributed by atoms with Gasteiger partial charge in [-0.2, -0.15) is 0 Å². The van der Waals surface area contributed by atoms with E-state index in [1.54, 1.807) is 12.1 Å². The van der Waals surface area contributed by atoms with E-state index >= 15 is 0 Å². The Bertz CT molecular complexity index is 390. The molecule has 2 rings (SSSR count). The van der Waals surface area contributed by atoms with Crippen LogP contribution < -0.4 is 5.73 Å². The second-order valence-corrected chi connectivity index (χ2v) is 5.34. The van der Waals surface area contributed by atoms with Crippen molar-refractivity contribution in [2.24, 2.45) is 5.73 Å². The summed E-state index contributed by atoms with van der Waals surface area (Å²) >= 11 is 0. The molecular formula is C14H18F3N. The number of benzene rings is 1. The lowest BCUT2D eigenvalue weighted by Crippen LogP contribution is -2.46. The fourth-order valence-corrected chi connectivity index (χ4v) is 2.41. The predicted molar refractivity (Wildman–Crippen MR) is 65.1 cm³/mol. The molecule has 1 saturated carbocycles. The molecule has 4 heteroatoms. The molecule has 1 nitrogen and oxygen atoms in total. The molecule has 0 aliphatic heterocycles. The first-order chi connectivity index (χ1) is 8.39. The molecule has 18 heavy (non-hydrogen) atoms. The van der Waals surface area contributed by atoms with Gasteiger partial charge in [-0.15, -0.1) is 0 Å². The minimum Gasteiger partial charge on any atom is -0.325 e. The molecule has 0 radical (unpaired) electrons. The molecular weight excluding hydrogens is 239 g/mol. The van der Waals surface area contributed by atoms with E-state index in [2.05, 4.69) is 0 Å². The summed E-state index contributed by atoms with van der Waals surface area (Å²) < 4.78 is 38.9. The first kappa shape index (κ1) is 13.4. The van der Waals surface area contributed by atoms with E-state index < -0.39 is 11.5 Å². The van der Waals surface area contributed by atoms with E-state index in [0.29, 0.717) is 25.7 Å². The van der Waals surface area contributed by atoms with Crippen molar-refractivity contribution < 1.29 is 13.2 Å². The van der Waals surface area contributed by atoms with Crippen LogP contribution in [0.25, 0.3) is 0 Å². The van der Waals surface area contributed by atoms with Gasteiger partial charge in [0.15, 0.2) is 0 Å². The van der Waals surface area contributed by atoms with Crippen LogP contribution in [0.2, 0.25) is 0 Å². The average molecular weight is 257 g/mol. The average Bonchev–Trinajstić information content (AvgIpc) is 2.33. The summed E-state index contributed by atoms with van der Waals surface area (Å²) in [4.78, 5) is 0. The van der Waals surface area contributed by atoms with Gasteiger partial charge in [0.1, 0.15) is 5.82 Å². The third-order valence-corrected chi connectivity index (χ3v) is 3.80. The Hall–Kier alpha value is -1.03. The Morgan fingerprint density at radius 3 is 2.11 bits per heavy atom. The molecule has 0 unspecified atom stereocenters. The molecule has 0 heterocycles. The van der Waals surface area contributed by atoms with Crippen LogP contribution in [0.4, 0.5) is 13.2 Å². The standard InChI is InChI=1S/C14H18F3N/c15-12-3-1-11(2-4-12)5-6-13(18)7-9-14(16,17)10-8-13/h1-4H,5-10,18H2. The van der Waals surface area contributed by atoms with Gasteiger partial charge in [-0.05, 0) is 43.4 Å². The first-order valence-electron chi connectivity index (χ1n) is 6.30. The Morgan fingerprint density at radius 1 is 1.00 bits per heavy atom. The molecule has 0 amide bonds. The molecule has 0 atom stereocenters. The maximum absolute atomic E-state index is 13.1. The lowest BCUT2D eigenvalue weighted by Gasteiger charge is -2.37. The molecule has 100 valence electrons. The maximum Gasteiger partial charge on any atom is 0.248 e. The van der Waals surface area contributed by atoms with Gasteiger partial charge in [-0.25, -0.2) is 13.2 Å². The molecule has 1 aromatic carbocycles. The van der Waals surface area contributed by atoms with Crippen molar-refractivity contribution in [2.75, 3.05) is 0 Å². The minimum absolute atomic E-state index is 0.118. The van der Waals surface area contributed by atoms with E-state index in [9.17, 15) is 13.2 Å². The molecule has 0 aromatic heterocycles. The zero-order valence-electron chi connectivity index (χ0n) is 10.3. The van der Waals surface area contributed by atoms with Gasteiger partial charge < -0.3 is 5.73 Å². The highest BCUT2D eigenvalue weighted by molar-refractivity contribution is 5.16. The molecule has 1 fully saturated rings. The van der Waals surface area contributed by atoms with Gasteiger partial charge in [0.2, 0.25) is 5.92 Å². The minimum atomic E-state index is -2.54. The topological polar surface area (TPSA) is 26.0 Å². The summed E-state index contributed by atoms with van der Waals surface area (Å²) in [6, 6.07) is 6.26. The molecule has 1 aromatic rings. The normalized spacial score (nSPS) is 21.8. The van der Waals surface area contributed by atoms with Crippen LogP contribution in [-0.2, 0) is 6.42 Å². The zero-order chi connectivity index (χ0) is 13.2. The van der Waals surface area contributed by atoms with Crippen LogP contribution in [0.1, 0.15) is 37.7 Å². The third-order valence-electron chi connectivity index (χ3n) is 3.80. The van der Waals surface area contributed by atoms with Crippen molar-refractivity contribution in [3.8, 4) is 0 Å². The van der Waals surface area contributed by atoms with Crippen LogP contribution in [0.15, 0.2) is 24.3 Å². The Kier molecular flexibility index (Phi) is 3.66. The van der Waals surface area contributed by atoms with E-state index in [1.807, 2.05) is 0 Å². The Balaban J connectivity index is 1.88. The monoisotopic (exact) mass is 257 g/mol. The Labute approximate surface area is 105 Å². The molecule has 2 N–H and O–H groups in total. The largest absolute Gasteiger partial charge is 0.325 e. The lowest BCUT2D eigenvalue weighted by molar-refractivity contribution is -0.0515. The van der Waals surface area contributed by atoms with Crippen molar-refractivity contribution >= 4 is 0 Å². The zero-order valence-corrected chi connectivity index (χ0v) is 10.3. The highest BCUT2D eigenvalue weighted by Gasteiger charge is 2.40. The quantitative estimate of drug-likeness (QED) is 0.878. The van der Waals surface area contributed by atoms with Crippen LogP contribution in [0.5, 0.6) is 0 Å².